The van der Waals surface area contributed by atoms with E-state index in [0.717, 1.165) is 0 Å². The van der Waals surface area contributed by atoms with Gasteiger partial charge < -0.3 is 10.2 Å². The fraction of sp³-hybridized carbons (Fsp3) is 0.278. The summed E-state index contributed by atoms with van der Waals surface area (Å²) in [7, 11) is 0. The minimum Gasteiger partial charge on any atom is -0.339 e. The predicted molar refractivity (Wildman–Crippen MR) is 92.9 cm³/mol. The number of piperidine rings is 1. The SMILES string of the molecule is O=C(Nc1ccccn1)C1CCN(C(=O)c2ccccc2Cl)CC1. The number of carbonyl (C=O) groups is 2. The second-order valence-corrected chi connectivity index (χ2v) is 6.16. The monoisotopic (exact) mass is 343 g/mol. The van der Waals surface area contributed by atoms with Crippen molar-refractivity contribution < 1.29 is 9.59 Å². The smallest absolute Gasteiger partial charge is 0.255 e. The van der Waals surface area contributed by atoms with Crippen molar-refractivity contribution in [1.29, 1.82) is 0 Å². The lowest BCUT2D eigenvalue weighted by atomic mass is 9.95. The fourth-order valence-corrected chi connectivity index (χ4v) is 3.03. The molecule has 0 saturated carbocycles. The highest BCUT2D eigenvalue weighted by molar-refractivity contribution is 6.33. The lowest BCUT2D eigenvalue weighted by molar-refractivity contribution is -0.121. The zero-order chi connectivity index (χ0) is 16.9. The van der Waals surface area contributed by atoms with E-state index in [2.05, 4.69) is 10.3 Å². The van der Waals surface area contributed by atoms with E-state index in [9.17, 15) is 9.59 Å². The van der Waals surface area contributed by atoms with Crippen molar-refractivity contribution in [2.45, 2.75) is 12.8 Å². The maximum atomic E-state index is 12.5. The molecule has 1 N–H and O–H groups in total. The maximum absolute atomic E-state index is 12.5. The summed E-state index contributed by atoms with van der Waals surface area (Å²) in [5, 5.41) is 3.28. The Morgan fingerprint density at radius 2 is 1.79 bits per heavy atom. The number of hydrogen-bond donors (Lipinski definition) is 1. The molecular weight excluding hydrogens is 326 g/mol. The van der Waals surface area contributed by atoms with Crippen LogP contribution in [-0.2, 0) is 4.79 Å². The number of nitrogens with zero attached hydrogens (tertiary/aromatic N) is 2. The normalized spacial score (nSPS) is 15.1. The van der Waals surface area contributed by atoms with Crippen LogP contribution in [0.2, 0.25) is 5.02 Å². The highest BCUT2D eigenvalue weighted by Crippen LogP contribution is 2.23. The lowest BCUT2D eigenvalue weighted by Crippen LogP contribution is -2.41. The summed E-state index contributed by atoms with van der Waals surface area (Å²) in [4.78, 5) is 30.7. The number of rotatable bonds is 3. The summed E-state index contributed by atoms with van der Waals surface area (Å²) in [6, 6.07) is 12.4. The standard InChI is InChI=1S/C18H18ClN3O2/c19-15-6-2-1-5-14(15)18(24)22-11-8-13(9-12-22)17(23)21-16-7-3-4-10-20-16/h1-7,10,13H,8-9,11-12H2,(H,20,21,23). The molecule has 1 aromatic heterocycles. The summed E-state index contributed by atoms with van der Waals surface area (Å²) in [5.41, 5.74) is 0.510. The molecule has 24 heavy (non-hydrogen) atoms. The van der Waals surface area contributed by atoms with Gasteiger partial charge in [-0.3, -0.25) is 9.59 Å². The van der Waals surface area contributed by atoms with E-state index in [1.165, 1.54) is 0 Å². The first kappa shape index (κ1) is 16.5. The highest BCUT2D eigenvalue weighted by Gasteiger charge is 2.28. The Morgan fingerprint density at radius 3 is 2.46 bits per heavy atom. The van der Waals surface area contributed by atoms with Crippen LogP contribution in [0.5, 0.6) is 0 Å². The molecule has 2 heterocycles. The van der Waals surface area contributed by atoms with E-state index in [-0.39, 0.29) is 17.7 Å². The minimum absolute atomic E-state index is 0.0430. The second-order valence-electron chi connectivity index (χ2n) is 5.75. The van der Waals surface area contributed by atoms with Gasteiger partial charge in [-0.25, -0.2) is 4.98 Å². The van der Waals surface area contributed by atoms with Crippen LogP contribution in [0.3, 0.4) is 0 Å². The first-order valence-corrected chi connectivity index (χ1v) is 8.28. The number of pyridine rings is 1. The van der Waals surface area contributed by atoms with Crippen molar-refractivity contribution in [3.63, 3.8) is 0 Å². The van der Waals surface area contributed by atoms with Crippen LogP contribution < -0.4 is 5.32 Å². The van der Waals surface area contributed by atoms with Crippen molar-refractivity contribution >= 4 is 29.2 Å². The molecule has 1 aliphatic heterocycles. The molecule has 1 saturated heterocycles. The van der Waals surface area contributed by atoms with Gasteiger partial charge in [-0.05, 0) is 37.1 Å². The van der Waals surface area contributed by atoms with Crippen LogP contribution in [0.4, 0.5) is 5.82 Å². The number of nitrogens with one attached hydrogen (secondary N) is 1. The van der Waals surface area contributed by atoms with Gasteiger partial charge in [0.2, 0.25) is 5.91 Å². The Kier molecular flexibility index (Phi) is 5.11. The van der Waals surface area contributed by atoms with Gasteiger partial charge in [-0.15, -0.1) is 0 Å². The molecule has 124 valence electrons. The third-order valence-corrected chi connectivity index (χ3v) is 4.50. The molecule has 0 bridgehead atoms. The first-order valence-electron chi connectivity index (χ1n) is 7.91. The van der Waals surface area contributed by atoms with Gasteiger partial charge in [0, 0.05) is 25.2 Å². The second kappa shape index (κ2) is 7.45. The Morgan fingerprint density at radius 1 is 1.08 bits per heavy atom. The topological polar surface area (TPSA) is 62.3 Å². The van der Waals surface area contributed by atoms with Gasteiger partial charge in [0.15, 0.2) is 0 Å². The zero-order valence-electron chi connectivity index (χ0n) is 13.1. The molecule has 0 atom stereocenters. The average Bonchev–Trinajstić information content (AvgIpc) is 2.62. The third kappa shape index (κ3) is 3.74. The molecule has 3 rings (SSSR count). The molecule has 0 unspecified atom stereocenters. The van der Waals surface area contributed by atoms with Crippen LogP contribution in [0.15, 0.2) is 48.7 Å². The molecule has 0 radical (unpaired) electrons. The van der Waals surface area contributed by atoms with Crippen molar-refractivity contribution in [1.82, 2.24) is 9.88 Å². The first-order chi connectivity index (χ1) is 11.6. The molecule has 6 heteroatoms. The van der Waals surface area contributed by atoms with Crippen LogP contribution in [-0.4, -0.2) is 34.8 Å². The van der Waals surface area contributed by atoms with Crippen molar-refractivity contribution in [2.24, 2.45) is 5.92 Å². The number of amides is 2. The van der Waals surface area contributed by atoms with Crippen molar-refractivity contribution in [2.75, 3.05) is 18.4 Å². The van der Waals surface area contributed by atoms with Gasteiger partial charge in [0.1, 0.15) is 5.82 Å². The molecule has 1 aromatic carbocycles. The highest BCUT2D eigenvalue weighted by atomic mass is 35.5. The van der Waals surface area contributed by atoms with Gasteiger partial charge in [0.05, 0.1) is 10.6 Å². The van der Waals surface area contributed by atoms with Gasteiger partial charge >= 0.3 is 0 Å². The lowest BCUT2D eigenvalue weighted by Gasteiger charge is -2.31. The summed E-state index contributed by atoms with van der Waals surface area (Å²) in [6.45, 7) is 1.09. The fourth-order valence-electron chi connectivity index (χ4n) is 2.81. The Hall–Kier alpha value is -2.40. The number of benzene rings is 1. The molecule has 2 amide bonds. The van der Waals surface area contributed by atoms with Gasteiger partial charge in [-0.2, -0.15) is 0 Å². The summed E-state index contributed by atoms with van der Waals surface area (Å²) in [5.74, 6) is 0.321. The quantitative estimate of drug-likeness (QED) is 0.930. The Labute approximate surface area is 145 Å². The average molecular weight is 344 g/mol. The van der Waals surface area contributed by atoms with Crippen LogP contribution in [0, 0.1) is 5.92 Å². The molecule has 1 fully saturated rings. The number of aromatic nitrogens is 1. The van der Waals surface area contributed by atoms with Gasteiger partial charge in [-0.1, -0.05) is 29.8 Å². The molecule has 1 aliphatic rings. The Bertz CT molecular complexity index is 728. The van der Waals surface area contributed by atoms with E-state index in [4.69, 9.17) is 11.6 Å². The summed E-state index contributed by atoms with van der Waals surface area (Å²) < 4.78 is 0. The largest absolute Gasteiger partial charge is 0.339 e. The summed E-state index contributed by atoms with van der Waals surface area (Å²) in [6.07, 6.45) is 2.91. The Balaban J connectivity index is 1.57. The molecule has 0 spiro atoms. The number of anilines is 1. The van der Waals surface area contributed by atoms with E-state index in [1.54, 1.807) is 47.5 Å². The number of hydrogen-bond acceptors (Lipinski definition) is 3. The number of halogens is 1. The van der Waals surface area contributed by atoms with E-state index < -0.39 is 0 Å². The van der Waals surface area contributed by atoms with Crippen molar-refractivity contribution in [3.8, 4) is 0 Å². The van der Waals surface area contributed by atoms with E-state index in [0.29, 0.717) is 42.3 Å². The number of carbonyl (C=O) groups excluding carboxylic acids is 2. The van der Waals surface area contributed by atoms with Crippen LogP contribution >= 0.6 is 11.6 Å². The maximum Gasteiger partial charge on any atom is 0.255 e. The molecular formula is C18H18ClN3O2. The zero-order valence-corrected chi connectivity index (χ0v) is 13.9. The summed E-state index contributed by atoms with van der Waals surface area (Å²) >= 11 is 6.09. The van der Waals surface area contributed by atoms with E-state index >= 15 is 0 Å². The molecule has 2 aromatic rings. The molecule has 5 nitrogen and oxygen atoms in total. The number of likely N-dealkylation sites (tertiary alicyclic amines) is 1. The van der Waals surface area contributed by atoms with Crippen LogP contribution in [0.1, 0.15) is 23.2 Å². The van der Waals surface area contributed by atoms with E-state index in [1.807, 2.05) is 6.07 Å². The third-order valence-electron chi connectivity index (χ3n) is 4.17. The predicted octanol–water partition coefficient (Wildman–Crippen LogP) is 3.23. The van der Waals surface area contributed by atoms with Gasteiger partial charge in [0.25, 0.3) is 5.91 Å². The van der Waals surface area contributed by atoms with Crippen molar-refractivity contribution in [3.05, 3.63) is 59.2 Å². The molecule has 0 aliphatic carbocycles. The minimum atomic E-state index is -0.109. The van der Waals surface area contributed by atoms with Crippen LogP contribution in [0.25, 0.3) is 0 Å².